The van der Waals surface area contributed by atoms with Gasteiger partial charge in [0, 0.05) is 30.9 Å². The van der Waals surface area contributed by atoms with Gasteiger partial charge in [-0.1, -0.05) is 13.8 Å². The molecule has 4 rings (SSSR count). The first-order valence-corrected chi connectivity index (χ1v) is 11.5. The molecule has 0 radical (unpaired) electrons. The number of aromatic nitrogens is 2. The highest BCUT2D eigenvalue weighted by molar-refractivity contribution is 5.34. The number of nitrogens with zero attached hydrogens (tertiary/aromatic N) is 3. The normalized spacial score (nSPS) is 30.2. The van der Waals surface area contributed by atoms with E-state index < -0.39 is 5.92 Å². The molecule has 170 valence electrons. The van der Waals surface area contributed by atoms with E-state index in [4.69, 9.17) is 4.74 Å². The molecule has 1 aromatic rings. The maximum absolute atomic E-state index is 14.2. The van der Waals surface area contributed by atoms with Crippen molar-refractivity contribution in [1.82, 2.24) is 20.0 Å². The summed E-state index contributed by atoms with van der Waals surface area (Å²) in [6.45, 7) is 8.56. The highest BCUT2D eigenvalue weighted by Gasteiger charge is 2.46. The second kappa shape index (κ2) is 8.14. The Balaban J connectivity index is 1.53. The minimum absolute atomic E-state index is 0.159. The molecule has 0 aromatic carbocycles. The summed E-state index contributed by atoms with van der Waals surface area (Å²) in [6, 6.07) is 0. The van der Waals surface area contributed by atoms with Crippen molar-refractivity contribution < 1.29 is 13.5 Å². The van der Waals surface area contributed by atoms with Crippen LogP contribution in [0.1, 0.15) is 68.8 Å². The molecular formula is C23H38F2N4O. The molecule has 2 aliphatic heterocycles. The SMILES string of the molecule is CNCCN(C)Cc1nn2c(c1[C@H]1CC[C@@]3(CC1)COCC(C)(C)C3)CC(F)(F)C2. The Labute approximate surface area is 179 Å². The van der Waals surface area contributed by atoms with Gasteiger partial charge in [-0.3, -0.25) is 9.58 Å². The molecule has 3 aliphatic rings. The minimum atomic E-state index is -2.66. The van der Waals surface area contributed by atoms with Crippen molar-refractivity contribution in [2.45, 2.75) is 77.3 Å². The molecule has 7 heteroatoms. The molecule has 0 bridgehead atoms. The smallest absolute Gasteiger partial charge is 0.272 e. The van der Waals surface area contributed by atoms with E-state index in [0.29, 0.717) is 5.92 Å². The van der Waals surface area contributed by atoms with E-state index in [1.807, 2.05) is 7.05 Å². The molecule has 30 heavy (non-hydrogen) atoms. The number of likely N-dealkylation sites (N-methyl/N-ethyl adjacent to an activating group) is 2. The highest BCUT2D eigenvalue weighted by atomic mass is 19.3. The van der Waals surface area contributed by atoms with Crippen molar-refractivity contribution >= 4 is 0 Å². The largest absolute Gasteiger partial charge is 0.380 e. The Kier molecular flexibility index (Phi) is 6.01. The molecule has 1 saturated carbocycles. The predicted molar refractivity (Wildman–Crippen MR) is 114 cm³/mol. The number of hydrogen-bond donors (Lipinski definition) is 1. The van der Waals surface area contributed by atoms with E-state index in [0.717, 1.165) is 75.5 Å². The molecule has 1 spiro atoms. The summed E-state index contributed by atoms with van der Waals surface area (Å²) >= 11 is 0. The zero-order valence-electron chi connectivity index (χ0n) is 19.1. The molecular weight excluding hydrogens is 386 g/mol. The third-order valence-electron chi connectivity index (χ3n) is 7.35. The maximum atomic E-state index is 14.2. The molecule has 5 nitrogen and oxygen atoms in total. The van der Waals surface area contributed by atoms with Crippen LogP contribution in [0.25, 0.3) is 0 Å². The predicted octanol–water partition coefficient (Wildman–Crippen LogP) is 3.82. The number of ether oxygens (including phenoxy) is 1. The average molecular weight is 425 g/mol. The van der Waals surface area contributed by atoms with Gasteiger partial charge in [-0.25, -0.2) is 8.78 Å². The van der Waals surface area contributed by atoms with Crippen LogP contribution in [0.15, 0.2) is 0 Å². The summed E-state index contributed by atoms with van der Waals surface area (Å²) in [4.78, 5) is 2.23. The lowest BCUT2D eigenvalue weighted by molar-refractivity contribution is -0.0928. The first-order valence-electron chi connectivity index (χ1n) is 11.5. The van der Waals surface area contributed by atoms with Gasteiger partial charge >= 0.3 is 0 Å². The summed E-state index contributed by atoms with van der Waals surface area (Å²) in [6.07, 6.45) is 5.39. The molecule has 1 N–H and O–H groups in total. The van der Waals surface area contributed by atoms with Crippen molar-refractivity contribution in [2.75, 3.05) is 40.4 Å². The van der Waals surface area contributed by atoms with Crippen LogP contribution >= 0.6 is 0 Å². The van der Waals surface area contributed by atoms with E-state index >= 15 is 0 Å². The summed E-state index contributed by atoms with van der Waals surface area (Å²) in [7, 11) is 4.03. The minimum Gasteiger partial charge on any atom is -0.380 e. The van der Waals surface area contributed by atoms with Crippen LogP contribution < -0.4 is 5.32 Å². The fourth-order valence-corrected chi connectivity index (χ4v) is 6.13. The van der Waals surface area contributed by atoms with Crippen molar-refractivity contribution in [1.29, 1.82) is 0 Å². The Morgan fingerprint density at radius 1 is 1.23 bits per heavy atom. The zero-order valence-corrected chi connectivity index (χ0v) is 19.1. The van der Waals surface area contributed by atoms with Crippen LogP contribution in [0.4, 0.5) is 8.78 Å². The van der Waals surface area contributed by atoms with Crippen molar-refractivity contribution in [3.63, 3.8) is 0 Å². The van der Waals surface area contributed by atoms with E-state index in [9.17, 15) is 8.78 Å². The van der Waals surface area contributed by atoms with Gasteiger partial charge in [0.05, 0.1) is 25.3 Å². The molecule has 1 aliphatic carbocycles. The average Bonchev–Trinajstić information content (AvgIpc) is 3.11. The van der Waals surface area contributed by atoms with Crippen LogP contribution in [0, 0.1) is 10.8 Å². The number of halogens is 2. The Morgan fingerprint density at radius 2 is 1.97 bits per heavy atom. The Bertz CT molecular complexity index is 753. The van der Waals surface area contributed by atoms with Gasteiger partial charge in [0.1, 0.15) is 6.54 Å². The molecule has 2 fully saturated rings. The summed E-state index contributed by atoms with van der Waals surface area (Å²) in [5.41, 5.74) is 3.43. The second-order valence-corrected chi connectivity index (χ2v) is 10.9. The van der Waals surface area contributed by atoms with Crippen molar-refractivity contribution in [3.05, 3.63) is 17.0 Å². The fourth-order valence-electron chi connectivity index (χ4n) is 6.13. The third kappa shape index (κ3) is 4.58. The van der Waals surface area contributed by atoms with Gasteiger partial charge in [-0.15, -0.1) is 0 Å². The number of nitrogens with one attached hydrogen (secondary N) is 1. The lowest BCUT2D eigenvalue weighted by Gasteiger charge is -2.48. The molecule has 0 atom stereocenters. The lowest BCUT2D eigenvalue weighted by atomic mass is 9.62. The molecule has 1 saturated heterocycles. The second-order valence-electron chi connectivity index (χ2n) is 10.9. The van der Waals surface area contributed by atoms with E-state index in [1.54, 1.807) is 4.68 Å². The quantitative estimate of drug-likeness (QED) is 0.754. The van der Waals surface area contributed by atoms with Gasteiger partial charge in [0.2, 0.25) is 0 Å². The van der Waals surface area contributed by atoms with Crippen LogP contribution in [0.3, 0.4) is 0 Å². The highest BCUT2D eigenvalue weighted by Crippen LogP contribution is 2.52. The maximum Gasteiger partial charge on any atom is 0.272 e. The summed E-state index contributed by atoms with van der Waals surface area (Å²) < 4.78 is 35.9. The van der Waals surface area contributed by atoms with Crippen LogP contribution in [-0.4, -0.2) is 61.0 Å². The molecule has 0 unspecified atom stereocenters. The van der Waals surface area contributed by atoms with Gasteiger partial charge in [-0.2, -0.15) is 5.10 Å². The topological polar surface area (TPSA) is 42.3 Å². The van der Waals surface area contributed by atoms with E-state index in [1.165, 1.54) is 6.42 Å². The van der Waals surface area contributed by atoms with Gasteiger partial charge in [-0.05, 0) is 62.9 Å². The first kappa shape index (κ1) is 22.2. The third-order valence-corrected chi connectivity index (χ3v) is 7.35. The lowest BCUT2D eigenvalue weighted by Crippen LogP contribution is -2.43. The Hall–Kier alpha value is -1.05. The van der Waals surface area contributed by atoms with Crippen LogP contribution in [0.2, 0.25) is 0 Å². The molecule has 3 heterocycles. The number of alkyl halides is 2. The van der Waals surface area contributed by atoms with Crippen molar-refractivity contribution in [3.8, 4) is 0 Å². The number of fused-ring (bicyclic) bond motifs is 1. The van der Waals surface area contributed by atoms with E-state index in [2.05, 4.69) is 36.2 Å². The molecule has 1 aromatic heterocycles. The van der Waals surface area contributed by atoms with Gasteiger partial charge < -0.3 is 10.1 Å². The van der Waals surface area contributed by atoms with Crippen LogP contribution in [-0.2, 0) is 24.2 Å². The molecule has 0 amide bonds. The number of hydrogen-bond acceptors (Lipinski definition) is 4. The first-order chi connectivity index (χ1) is 14.1. The summed E-state index contributed by atoms with van der Waals surface area (Å²) in [5.74, 6) is -2.32. The van der Waals surface area contributed by atoms with E-state index in [-0.39, 0.29) is 23.8 Å². The van der Waals surface area contributed by atoms with Crippen LogP contribution in [0.5, 0.6) is 0 Å². The van der Waals surface area contributed by atoms with Gasteiger partial charge in [0.15, 0.2) is 0 Å². The zero-order chi connectivity index (χ0) is 21.6. The van der Waals surface area contributed by atoms with Gasteiger partial charge in [0.25, 0.3) is 5.92 Å². The Morgan fingerprint density at radius 3 is 2.63 bits per heavy atom. The van der Waals surface area contributed by atoms with Crippen molar-refractivity contribution in [2.24, 2.45) is 10.8 Å². The standard InChI is InChI=1S/C23H38F2N4O/c1-21(2)13-22(16-30-15-21)7-5-17(6-8-22)20-18(12-28(4)10-9-26-3)27-29-14-23(24,25)11-19(20)29/h17,26H,5-16H2,1-4H3/t17-,22-. The number of rotatable bonds is 6. The monoisotopic (exact) mass is 424 g/mol. The summed E-state index contributed by atoms with van der Waals surface area (Å²) in [5, 5.41) is 7.86. The fraction of sp³-hybridized carbons (Fsp3) is 0.870.